The molecule has 1 N–H and O–H groups in total. The van der Waals surface area contributed by atoms with Gasteiger partial charge in [0.25, 0.3) is 0 Å². The van der Waals surface area contributed by atoms with Crippen LogP contribution in [0, 0.1) is 5.92 Å². The van der Waals surface area contributed by atoms with E-state index in [1.54, 1.807) is 0 Å². The number of hydrogen-bond acceptors (Lipinski definition) is 3. The van der Waals surface area contributed by atoms with Gasteiger partial charge < -0.3 is 4.90 Å². The van der Waals surface area contributed by atoms with Crippen LogP contribution in [0.25, 0.3) is 0 Å². The second-order valence-electron chi connectivity index (χ2n) is 5.20. The van der Waals surface area contributed by atoms with E-state index < -0.39 is 10.0 Å². The fraction of sp³-hybridized carbons (Fsp3) is 1.00. The molecule has 5 heteroatoms. The zero-order chi connectivity index (χ0) is 12.2. The first-order valence-electron chi connectivity index (χ1n) is 6.04. The molecule has 0 aromatic rings. The Kier molecular flexibility index (Phi) is 5.21. The molecule has 0 bridgehead atoms. The molecule has 0 aliphatic heterocycles. The standard InChI is InChI=1S/C11H24N2O2S/c1-10-4-6-11(7-5-10)12-16(14,15)9-8-13(2)3/h10-12H,4-9H2,1-3H3/t10-,11+. The molecule has 0 saturated heterocycles. The third-order valence-corrected chi connectivity index (χ3v) is 4.58. The van der Waals surface area contributed by atoms with Gasteiger partial charge in [0.1, 0.15) is 0 Å². The average molecular weight is 248 g/mol. The van der Waals surface area contributed by atoms with Gasteiger partial charge in [0.15, 0.2) is 0 Å². The van der Waals surface area contributed by atoms with Gasteiger partial charge in [-0.3, -0.25) is 0 Å². The first-order valence-corrected chi connectivity index (χ1v) is 7.69. The number of nitrogens with one attached hydrogen (secondary N) is 1. The highest BCUT2D eigenvalue weighted by molar-refractivity contribution is 7.89. The third-order valence-electron chi connectivity index (χ3n) is 3.17. The fourth-order valence-electron chi connectivity index (χ4n) is 1.99. The Balaban J connectivity index is 2.35. The van der Waals surface area contributed by atoms with Crippen LogP contribution in [-0.4, -0.2) is 45.8 Å². The van der Waals surface area contributed by atoms with E-state index in [0.717, 1.165) is 31.6 Å². The van der Waals surface area contributed by atoms with E-state index in [-0.39, 0.29) is 11.8 Å². The zero-order valence-electron chi connectivity index (χ0n) is 10.6. The summed E-state index contributed by atoms with van der Waals surface area (Å²) < 4.78 is 26.3. The Labute approximate surface area is 99.5 Å². The molecule has 0 heterocycles. The molecule has 1 fully saturated rings. The van der Waals surface area contributed by atoms with Crippen LogP contribution in [0.4, 0.5) is 0 Å². The van der Waals surface area contributed by atoms with Gasteiger partial charge in [-0.25, -0.2) is 13.1 Å². The molecule has 1 aliphatic carbocycles. The maximum atomic E-state index is 11.7. The van der Waals surface area contributed by atoms with Crippen molar-refractivity contribution >= 4 is 10.0 Å². The molecule has 0 amide bonds. The quantitative estimate of drug-likeness (QED) is 0.791. The Morgan fingerprint density at radius 1 is 1.19 bits per heavy atom. The minimum Gasteiger partial charge on any atom is -0.308 e. The van der Waals surface area contributed by atoms with Crippen molar-refractivity contribution in [1.82, 2.24) is 9.62 Å². The van der Waals surface area contributed by atoms with Gasteiger partial charge >= 0.3 is 0 Å². The summed E-state index contributed by atoms with van der Waals surface area (Å²) in [4.78, 5) is 1.89. The second-order valence-corrected chi connectivity index (χ2v) is 7.07. The van der Waals surface area contributed by atoms with Crippen LogP contribution in [0.2, 0.25) is 0 Å². The molecule has 0 unspecified atom stereocenters. The van der Waals surface area contributed by atoms with Gasteiger partial charge in [0, 0.05) is 12.6 Å². The molecule has 0 spiro atoms. The van der Waals surface area contributed by atoms with Crippen LogP contribution in [0.5, 0.6) is 0 Å². The van der Waals surface area contributed by atoms with Gasteiger partial charge in [0.05, 0.1) is 5.75 Å². The summed E-state index contributed by atoms with van der Waals surface area (Å²) in [5, 5.41) is 0. The fourth-order valence-corrected chi connectivity index (χ4v) is 3.46. The van der Waals surface area contributed by atoms with Crippen LogP contribution in [0.15, 0.2) is 0 Å². The Morgan fingerprint density at radius 2 is 1.75 bits per heavy atom. The molecule has 1 rings (SSSR count). The summed E-state index contributed by atoms with van der Waals surface area (Å²) in [6.07, 6.45) is 4.26. The summed E-state index contributed by atoms with van der Waals surface area (Å²) in [5.41, 5.74) is 0. The largest absolute Gasteiger partial charge is 0.308 e. The van der Waals surface area contributed by atoms with E-state index in [1.165, 1.54) is 0 Å². The lowest BCUT2D eigenvalue weighted by atomic mass is 9.88. The van der Waals surface area contributed by atoms with Crippen molar-refractivity contribution in [3.05, 3.63) is 0 Å². The minimum absolute atomic E-state index is 0.170. The van der Waals surface area contributed by atoms with Gasteiger partial charge in [0.2, 0.25) is 10.0 Å². The summed E-state index contributed by atoms with van der Waals surface area (Å²) in [5.74, 6) is 0.953. The molecule has 0 aromatic carbocycles. The van der Waals surface area contributed by atoms with E-state index in [0.29, 0.717) is 6.54 Å². The highest BCUT2D eigenvalue weighted by Gasteiger charge is 2.22. The number of sulfonamides is 1. The Bertz CT molecular complexity index is 293. The van der Waals surface area contributed by atoms with Crippen molar-refractivity contribution in [2.45, 2.75) is 38.6 Å². The van der Waals surface area contributed by atoms with E-state index in [9.17, 15) is 8.42 Å². The predicted molar refractivity (Wildman–Crippen MR) is 66.9 cm³/mol. The zero-order valence-corrected chi connectivity index (χ0v) is 11.4. The van der Waals surface area contributed by atoms with Gasteiger partial charge in [-0.15, -0.1) is 0 Å². The molecule has 96 valence electrons. The molecule has 0 aromatic heterocycles. The summed E-state index contributed by atoms with van der Waals surface area (Å²) in [6.45, 7) is 2.81. The third kappa shape index (κ3) is 5.27. The SMILES string of the molecule is CN(C)CCS(=O)(=O)N[C@H]1CC[C@@H](C)CC1. The maximum absolute atomic E-state index is 11.7. The number of rotatable bonds is 5. The predicted octanol–water partition coefficient (Wildman–Crippen LogP) is 1.05. The number of hydrogen-bond donors (Lipinski definition) is 1. The van der Waals surface area contributed by atoms with Crippen LogP contribution in [0.1, 0.15) is 32.6 Å². The highest BCUT2D eigenvalue weighted by Crippen LogP contribution is 2.23. The van der Waals surface area contributed by atoms with Crippen molar-refractivity contribution in [1.29, 1.82) is 0 Å². The molecular weight excluding hydrogens is 224 g/mol. The van der Waals surface area contributed by atoms with Crippen LogP contribution >= 0.6 is 0 Å². The van der Waals surface area contributed by atoms with Crippen molar-refractivity contribution < 1.29 is 8.42 Å². The summed E-state index contributed by atoms with van der Waals surface area (Å²) >= 11 is 0. The van der Waals surface area contributed by atoms with Crippen molar-refractivity contribution in [3.8, 4) is 0 Å². The molecule has 0 radical (unpaired) electrons. The van der Waals surface area contributed by atoms with Crippen molar-refractivity contribution in [2.75, 3.05) is 26.4 Å². The van der Waals surface area contributed by atoms with E-state index >= 15 is 0 Å². The van der Waals surface area contributed by atoms with Crippen LogP contribution in [-0.2, 0) is 10.0 Å². The lowest BCUT2D eigenvalue weighted by molar-refractivity contribution is 0.331. The molecule has 16 heavy (non-hydrogen) atoms. The molecule has 1 saturated carbocycles. The smallest absolute Gasteiger partial charge is 0.213 e. The number of nitrogens with zero attached hydrogens (tertiary/aromatic N) is 1. The first kappa shape index (κ1) is 13.9. The van der Waals surface area contributed by atoms with E-state index in [2.05, 4.69) is 11.6 Å². The average Bonchev–Trinajstić information content (AvgIpc) is 2.19. The maximum Gasteiger partial charge on any atom is 0.213 e. The lowest BCUT2D eigenvalue weighted by Gasteiger charge is -2.26. The second kappa shape index (κ2) is 5.98. The Hall–Kier alpha value is -0.130. The normalized spacial score (nSPS) is 27.2. The highest BCUT2D eigenvalue weighted by atomic mass is 32.2. The van der Waals surface area contributed by atoms with Gasteiger partial charge in [-0.05, 0) is 45.7 Å². The first-order chi connectivity index (χ1) is 7.39. The van der Waals surface area contributed by atoms with Gasteiger partial charge in [-0.2, -0.15) is 0 Å². The minimum atomic E-state index is -3.09. The van der Waals surface area contributed by atoms with Crippen molar-refractivity contribution in [3.63, 3.8) is 0 Å². The summed E-state index contributed by atoms with van der Waals surface area (Å²) in [7, 11) is 0.688. The topological polar surface area (TPSA) is 49.4 Å². The van der Waals surface area contributed by atoms with Crippen LogP contribution < -0.4 is 4.72 Å². The van der Waals surface area contributed by atoms with Gasteiger partial charge in [-0.1, -0.05) is 6.92 Å². The van der Waals surface area contributed by atoms with Crippen LogP contribution in [0.3, 0.4) is 0 Å². The molecule has 0 atom stereocenters. The molecular formula is C11H24N2O2S. The van der Waals surface area contributed by atoms with E-state index in [4.69, 9.17) is 0 Å². The monoisotopic (exact) mass is 248 g/mol. The van der Waals surface area contributed by atoms with E-state index in [1.807, 2.05) is 19.0 Å². The Morgan fingerprint density at radius 3 is 2.25 bits per heavy atom. The lowest BCUT2D eigenvalue weighted by Crippen LogP contribution is -2.40. The van der Waals surface area contributed by atoms with Crippen molar-refractivity contribution in [2.24, 2.45) is 5.92 Å². The molecule has 1 aliphatic rings. The molecule has 4 nitrogen and oxygen atoms in total. The summed E-state index contributed by atoms with van der Waals surface area (Å²) in [6, 6.07) is 0.170.